The zero-order valence-corrected chi connectivity index (χ0v) is 22.3. The number of unbranched alkanes of at least 4 members (excludes halogenated alkanes) is 15. The zero-order chi connectivity index (χ0) is 23.2. The van der Waals surface area contributed by atoms with Gasteiger partial charge in [-0.05, 0) is 27.2 Å². The van der Waals surface area contributed by atoms with Crippen LogP contribution < -0.4 is 0 Å². The summed E-state index contributed by atoms with van der Waals surface area (Å²) in [6.07, 6.45) is 23.9. The van der Waals surface area contributed by atoms with Gasteiger partial charge < -0.3 is 15.3 Å². The molecule has 0 amide bonds. The van der Waals surface area contributed by atoms with E-state index in [1.54, 1.807) is 0 Å². The lowest BCUT2D eigenvalue weighted by molar-refractivity contribution is 0.177. The summed E-state index contributed by atoms with van der Waals surface area (Å²) in [4.78, 5) is 0. The first-order valence-electron chi connectivity index (χ1n) is 13.9. The molecule has 0 bridgehead atoms. The van der Waals surface area contributed by atoms with Gasteiger partial charge in [0.25, 0.3) is 0 Å². The fourth-order valence-electron chi connectivity index (χ4n) is 4.36. The van der Waals surface area contributed by atoms with Crippen LogP contribution >= 0.6 is 7.92 Å². The monoisotopic (exact) mass is 460 g/mol. The Labute approximate surface area is 196 Å². The van der Waals surface area contributed by atoms with E-state index in [4.69, 9.17) is 0 Å². The Morgan fingerprint density at radius 2 is 0.613 bits per heavy atom. The fraction of sp³-hybridized carbons (Fsp3) is 1.00. The highest BCUT2D eigenvalue weighted by molar-refractivity contribution is 7.59. The van der Waals surface area contributed by atoms with Crippen molar-refractivity contribution in [3.63, 3.8) is 0 Å². The standard InChI is InChI=1S/C27H57O3P/c1-4-7-10-13-16-19-22-25(28)31(26(29)23-20-17-14-11-8-5-2)27(30)24-21-18-15-12-9-6-3/h25-30H,4-24H2,1-3H3. The van der Waals surface area contributed by atoms with E-state index in [-0.39, 0.29) is 0 Å². The summed E-state index contributed by atoms with van der Waals surface area (Å²) in [6, 6.07) is 0. The second-order valence-corrected chi connectivity index (χ2v) is 12.2. The van der Waals surface area contributed by atoms with Gasteiger partial charge in [0.15, 0.2) is 0 Å². The van der Waals surface area contributed by atoms with Crippen molar-refractivity contribution in [3.05, 3.63) is 0 Å². The molecule has 3 unspecified atom stereocenters. The molecule has 3 nitrogen and oxygen atoms in total. The van der Waals surface area contributed by atoms with Crippen LogP contribution in [-0.2, 0) is 0 Å². The molecule has 0 saturated carbocycles. The van der Waals surface area contributed by atoms with Crippen LogP contribution in [0.2, 0.25) is 0 Å². The third kappa shape index (κ3) is 18.4. The molecule has 0 aliphatic rings. The Morgan fingerprint density at radius 1 is 0.387 bits per heavy atom. The molecule has 0 aromatic heterocycles. The van der Waals surface area contributed by atoms with E-state index in [9.17, 15) is 15.3 Å². The number of aliphatic hydroxyl groups is 3. The van der Waals surface area contributed by atoms with Crippen LogP contribution in [0.3, 0.4) is 0 Å². The Kier molecular flexibility index (Phi) is 23.7. The van der Waals surface area contributed by atoms with Gasteiger partial charge in [0.2, 0.25) is 0 Å². The predicted molar refractivity (Wildman–Crippen MR) is 139 cm³/mol. The van der Waals surface area contributed by atoms with Crippen molar-refractivity contribution < 1.29 is 15.3 Å². The van der Waals surface area contributed by atoms with Crippen molar-refractivity contribution in [1.82, 2.24) is 0 Å². The maximum atomic E-state index is 10.9. The summed E-state index contributed by atoms with van der Waals surface area (Å²) < 4.78 is 0. The molecule has 0 spiro atoms. The first-order valence-corrected chi connectivity index (χ1v) is 15.4. The van der Waals surface area contributed by atoms with E-state index in [0.717, 1.165) is 57.8 Å². The quantitative estimate of drug-likeness (QED) is 0.0997. The molecule has 3 N–H and O–H groups in total. The largest absolute Gasteiger partial charge is 0.388 e. The average molecular weight is 461 g/mol. The molecular formula is C27H57O3P. The summed E-state index contributed by atoms with van der Waals surface area (Å²) in [5.41, 5.74) is 0. The normalized spacial score (nSPS) is 15.7. The lowest BCUT2D eigenvalue weighted by Gasteiger charge is -2.32. The summed E-state index contributed by atoms with van der Waals surface area (Å²) in [6.45, 7) is 6.69. The van der Waals surface area contributed by atoms with Gasteiger partial charge in [-0.3, -0.25) is 0 Å². The minimum atomic E-state index is -1.16. The van der Waals surface area contributed by atoms with Gasteiger partial charge in [-0.25, -0.2) is 0 Å². The Bertz CT molecular complexity index is 301. The highest BCUT2D eigenvalue weighted by Gasteiger charge is 2.32. The van der Waals surface area contributed by atoms with E-state index in [1.165, 1.54) is 77.0 Å². The summed E-state index contributed by atoms with van der Waals surface area (Å²) in [5, 5.41) is 32.7. The molecule has 0 aromatic carbocycles. The van der Waals surface area contributed by atoms with Crippen LogP contribution in [0.4, 0.5) is 0 Å². The Balaban J connectivity index is 4.46. The van der Waals surface area contributed by atoms with Gasteiger partial charge in [0.05, 0.1) is 17.5 Å². The number of hydrogen-bond acceptors (Lipinski definition) is 3. The van der Waals surface area contributed by atoms with Crippen molar-refractivity contribution >= 4 is 7.92 Å². The van der Waals surface area contributed by atoms with Crippen molar-refractivity contribution in [3.8, 4) is 0 Å². The van der Waals surface area contributed by atoms with Crippen molar-refractivity contribution in [2.24, 2.45) is 0 Å². The average Bonchev–Trinajstić information content (AvgIpc) is 2.75. The maximum Gasteiger partial charge on any atom is 0.0780 e. The van der Waals surface area contributed by atoms with Crippen LogP contribution in [-0.4, -0.2) is 32.9 Å². The second kappa shape index (κ2) is 23.5. The third-order valence-corrected chi connectivity index (χ3v) is 9.32. The van der Waals surface area contributed by atoms with E-state index in [1.807, 2.05) is 0 Å². The van der Waals surface area contributed by atoms with Crippen LogP contribution in [0.5, 0.6) is 0 Å². The van der Waals surface area contributed by atoms with Crippen molar-refractivity contribution in [2.75, 3.05) is 0 Å². The number of aliphatic hydroxyl groups excluding tert-OH is 3. The SMILES string of the molecule is CCCCCCCCC(O)P(C(O)CCCCCCCC)C(O)CCCCCCCC. The summed E-state index contributed by atoms with van der Waals surface area (Å²) >= 11 is 0. The highest BCUT2D eigenvalue weighted by Crippen LogP contribution is 2.52. The molecule has 0 aliphatic carbocycles. The fourth-order valence-corrected chi connectivity index (χ4v) is 7.00. The minimum Gasteiger partial charge on any atom is -0.388 e. The zero-order valence-electron chi connectivity index (χ0n) is 21.4. The van der Waals surface area contributed by atoms with E-state index >= 15 is 0 Å². The molecule has 0 aliphatic heterocycles. The minimum absolute atomic E-state index is 0.522. The van der Waals surface area contributed by atoms with Crippen molar-refractivity contribution in [2.45, 2.75) is 173 Å². The predicted octanol–water partition coefficient (Wildman–Crippen LogP) is 8.68. The van der Waals surface area contributed by atoms with Gasteiger partial charge in [-0.2, -0.15) is 0 Å². The van der Waals surface area contributed by atoms with Gasteiger partial charge in [0, 0.05) is 0 Å². The smallest absolute Gasteiger partial charge is 0.0780 e. The summed E-state index contributed by atoms with van der Waals surface area (Å²) in [7, 11) is -1.16. The topological polar surface area (TPSA) is 60.7 Å². The Morgan fingerprint density at radius 3 is 0.871 bits per heavy atom. The van der Waals surface area contributed by atoms with E-state index < -0.39 is 25.5 Å². The number of hydrogen-bond donors (Lipinski definition) is 3. The molecule has 188 valence electrons. The molecule has 4 heteroatoms. The van der Waals surface area contributed by atoms with Gasteiger partial charge in [-0.15, -0.1) is 0 Å². The first kappa shape index (κ1) is 31.3. The number of rotatable bonds is 24. The molecule has 0 fully saturated rings. The van der Waals surface area contributed by atoms with Gasteiger partial charge in [-0.1, -0.05) is 136 Å². The van der Waals surface area contributed by atoms with Crippen molar-refractivity contribution in [1.29, 1.82) is 0 Å². The van der Waals surface area contributed by atoms with Crippen LogP contribution in [0, 0.1) is 0 Å². The highest BCUT2D eigenvalue weighted by atomic mass is 31.1. The molecule has 0 heterocycles. The van der Waals surface area contributed by atoms with Crippen LogP contribution in [0.25, 0.3) is 0 Å². The van der Waals surface area contributed by atoms with Gasteiger partial charge in [0.1, 0.15) is 0 Å². The molecule has 31 heavy (non-hydrogen) atoms. The van der Waals surface area contributed by atoms with Crippen LogP contribution in [0.1, 0.15) is 156 Å². The maximum absolute atomic E-state index is 10.9. The molecular weight excluding hydrogens is 403 g/mol. The van der Waals surface area contributed by atoms with Crippen LogP contribution in [0.15, 0.2) is 0 Å². The third-order valence-electron chi connectivity index (χ3n) is 6.48. The first-order chi connectivity index (χ1) is 15.1. The molecule has 0 radical (unpaired) electrons. The second-order valence-electron chi connectivity index (χ2n) is 9.56. The molecule has 0 rings (SSSR count). The van der Waals surface area contributed by atoms with E-state index in [0.29, 0.717) is 0 Å². The lowest BCUT2D eigenvalue weighted by Crippen LogP contribution is -2.23. The molecule has 3 atom stereocenters. The van der Waals surface area contributed by atoms with Gasteiger partial charge >= 0.3 is 0 Å². The van der Waals surface area contributed by atoms with E-state index in [2.05, 4.69) is 20.8 Å². The lowest BCUT2D eigenvalue weighted by atomic mass is 10.1. The Hall–Kier alpha value is 0.310. The molecule has 0 saturated heterocycles. The molecule has 0 aromatic rings. The summed E-state index contributed by atoms with van der Waals surface area (Å²) in [5.74, 6) is -1.57.